The van der Waals surface area contributed by atoms with E-state index in [1.807, 2.05) is 24.3 Å². The molecule has 0 aliphatic heterocycles. The number of hydrogen-bond acceptors (Lipinski definition) is 8. The average molecular weight is 438 g/mol. The molecule has 4 aromatic rings. The second kappa shape index (κ2) is 8.12. The van der Waals surface area contributed by atoms with Crippen molar-refractivity contribution in [1.82, 2.24) is 29.9 Å². The van der Waals surface area contributed by atoms with Crippen LogP contribution in [0.2, 0.25) is 0 Å². The van der Waals surface area contributed by atoms with Crippen LogP contribution in [-0.4, -0.2) is 41.0 Å². The van der Waals surface area contributed by atoms with Crippen LogP contribution in [0.4, 0.5) is 5.95 Å². The van der Waals surface area contributed by atoms with E-state index >= 15 is 0 Å². The van der Waals surface area contributed by atoms with Crippen LogP contribution in [0.15, 0.2) is 54.7 Å². The minimum Gasteiger partial charge on any atom is -0.481 e. The second-order valence-electron chi connectivity index (χ2n) is 7.83. The molecule has 0 bridgehead atoms. The molecule has 1 aliphatic rings. The summed E-state index contributed by atoms with van der Waals surface area (Å²) in [6, 6.07) is 16.5. The Morgan fingerprint density at radius 1 is 1.12 bits per heavy atom. The van der Waals surface area contributed by atoms with E-state index in [1.165, 1.54) is 0 Å². The lowest BCUT2D eigenvalue weighted by Gasteiger charge is -2.05. The largest absolute Gasteiger partial charge is 0.481 e. The van der Waals surface area contributed by atoms with Gasteiger partial charge in [-0.1, -0.05) is 23.4 Å². The fraction of sp³-hybridized carbons (Fsp3) is 0.174. The van der Waals surface area contributed by atoms with E-state index in [0.717, 1.165) is 17.0 Å². The fourth-order valence-electron chi connectivity index (χ4n) is 3.74. The summed E-state index contributed by atoms with van der Waals surface area (Å²) < 4.78 is 1.64. The van der Waals surface area contributed by atoms with E-state index in [9.17, 15) is 4.79 Å². The van der Waals surface area contributed by atoms with Gasteiger partial charge in [0.15, 0.2) is 0 Å². The van der Waals surface area contributed by atoms with Crippen LogP contribution in [0.1, 0.15) is 29.3 Å². The number of aliphatic carboxylic acids is 1. The molecule has 5 rings (SSSR count). The van der Waals surface area contributed by atoms with Gasteiger partial charge >= 0.3 is 5.97 Å². The summed E-state index contributed by atoms with van der Waals surface area (Å²) in [6.07, 6.45) is 2.36. The van der Waals surface area contributed by atoms with Gasteiger partial charge in [-0.15, -0.1) is 5.10 Å². The maximum atomic E-state index is 11.1. The van der Waals surface area contributed by atoms with Crippen LogP contribution in [0, 0.1) is 17.2 Å². The van der Waals surface area contributed by atoms with Crippen molar-refractivity contribution in [2.45, 2.75) is 18.9 Å². The summed E-state index contributed by atoms with van der Waals surface area (Å²) >= 11 is 0. The summed E-state index contributed by atoms with van der Waals surface area (Å²) in [5.41, 5.74) is 10.3. The van der Waals surface area contributed by atoms with Gasteiger partial charge in [0, 0.05) is 17.2 Å². The molecule has 2 unspecified atom stereocenters. The summed E-state index contributed by atoms with van der Waals surface area (Å²) in [5, 5.41) is 26.7. The number of nitriles is 1. The van der Waals surface area contributed by atoms with Crippen molar-refractivity contribution in [3.05, 3.63) is 71.7 Å². The van der Waals surface area contributed by atoms with Gasteiger partial charge in [0.05, 0.1) is 47.4 Å². The first-order valence-corrected chi connectivity index (χ1v) is 10.2. The summed E-state index contributed by atoms with van der Waals surface area (Å²) in [7, 11) is 0. The SMILES string of the molecule is N#Cc1cccc(-c2cc(-c3cn(Cc4cccc(C5CC5C(=O)O)n4)nn3)nc(N)n2)c1. The topological polar surface area (TPSA) is 156 Å². The quantitative estimate of drug-likeness (QED) is 0.461. The zero-order valence-electron chi connectivity index (χ0n) is 17.3. The zero-order valence-corrected chi connectivity index (χ0v) is 17.3. The molecule has 10 heteroatoms. The number of carboxylic acid groups (broad SMARTS) is 1. The molecule has 0 spiro atoms. The average Bonchev–Trinajstić information content (AvgIpc) is 3.51. The highest BCUT2D eigenvalue weighted by Gasteiger charge is 2.45. The number of anilines is 1. The van der Waals surface area contributed by atoms with E-state index < -0.39 is 5.97 Å². The molecular formula is C23H18N8O2. The highest BCUT2D eigenvalue weighted by Crippen LogP contribution is 2.46. The predicted octanol–water partition coefficient (Wildman–Crippen LogP) is 2.49. The van der Waals surface area contributed by atoms with Crippen LogP contribution in [0.5, 0.6) is 0 Å². The maximum absolute atomic E-state index is 11.1. The molecule has 3 N–H and O–H groups in total. The first-order chi connectivity index (χ1) is 16.0. The number of aromatic nitrogens is 6. The van der Waals surface area contributed by atoms with Gasteiger partial charge in [-0.2, -0.15) is 5.26 Å². The van der Waals surface area contributed by atoms with Crippen molar-refractivity contribution in [3.63, 3.8) is 0 Å². The standard InChI is InChI=1S/C23H18N8O2/c24-10-13-3-1-4-14(7-13)19-9-20(28-23(25)27-19)21-12-31(30-29-21)11-15-5-2-6-18(26-15)16-8-17(16)22(32)33/h1-7,9,12,16-17H,8,11H2,(H,32,33)(H2,25,27,28). The van der Waals surface area contributed by atoms with Crippen molar-refractivity contribution in [3.8, 4) is 28.7 Å². The van der Waals surface area contributed by atoms with Crippen molar-refractivity contribution in [2.24, 2.45) is 5.92 Å². The Balaban J connectivity index is 1.38. The number of benzene rings is 1. The summed E-state index contributed by atoms with van der Waals surface area (Å²) in [5.74, 6) is -1.07. The molecule has 0 amide bonds. The molecule has 3 aromatic heterocycles. The number of pyridine rings is 1. The first-order valence-electron chi connectivity index (χ1n) is 10.2. The molecule has 1 fully saturated rings. The van der Waals surface area contributed by atoms with E-state index in [0.29, 0.717) is 35.6 Å². The normalized spacial score (nSPS) is 16.8. The van der Waals surface area contributed by atoms with Crippen LogP contribution in [0.25, 0.3) is 22.6 Å². The molecule has 10 nitrogen and oxygen atoms in total. The number of carboxylic acids is 1. The molecule has 1 aromatic carbocycles. The van der Waals surface area contributed by atoms with Crippen LogP contribution in [0.3, 0.4) is 0 Å². The molecule has 33 heavy (non-hydrogen) atoms. The summed E-state index contributed by atoms with van der Waals surface area (Å²) in [4.78, 5) is 24.3. The molecule has 0 saturated heterocycles. The molecule has 1 aliphatic carbocycles. The fourth-order valence-corrected chi connectivity index (χ4v) is 3.74. The van der Waals surface area contributed by atoms with Gasteiger partial charge in [-0.25, -0.2) is 14.6 Å². The van der Waals surface area contributed by atoms with Gasteiger partial charge in [-0.3, -0.25) is 9.78 Å². The molecule has 1 saturated carbocycles. The third-order valence-electron chi connectivity index (χ3n) is 5.47. The van der Waals surface area contributed by atoms with Crippen molar-refractivity contribution in [1.29, 1.82) is 5.26 Å². The smallest absolute Gasteiger partial charge is 0.307 e. The Hall–Kier alpha value is -4.65. The van der Waals surface area contributed by atoms with Crippen LogP contribution >= 0.6 is 0 Å². The van der Waals surface area contributed by atoms with Crippen molar-refractivity contribution >= 4 is 11.9 Å². The van der Waals surface area contributed by atoms with Gasteiger partial charge in [-0.05, 0) is 36.8 Å². The first kappa shape index (κ1) is 20.3. The second-order valence-corrected chi connectivity index (χ2v) is 7.83. The highest BCUT2D eigenvalue weighted by atomic mass is 16.4. The lowest BCUT2D eigenvalue weighted by molar-refractivity contribution is -0.138. The number of hydrogen-bond donors (Lipinski definition) is 2. The van der Waals surface area contributed by atoms with Gasteiger partial charge in [0.25, 0.3) is 0 Å². The number of carbonyl (C=O) groups is 1. The number of nitrogens with zero attached hydrogens (tertiary/aromatic N) is 7. The summed E-state index contributed by atoms with van der Waals surface area (Å²) in [6.45, 7) is 0.378. The van der Waals surface area contributed by atoms with Gasteiger partial charge in [0.2, 0.25) is 5.95 Å². The Morgan fingerprint density at radius 3 is 2.73 bits per heavy atom. The van der Waals surface area contributed by atoms with E-state index in [1.54, 1.807) is 35.1 Å². The minimum atomic E-state index is -0.782. The van der Waals surface area contributed by atoms with Crippen molar-refractivity contribution in [2.75, 3.05) is 5.73 Å². The van der Waals surface area contributed by atoms with Crippen molar-refractivity contribution < 1.29 is 9.90 Å². The molecule has 0 radical (unpaired) electrons. The molecule has 2 atom stereocenters. The predicted molar refractivity (Wildman–Crippen MR) is 117 cm³/mol. The Kier molecular flexibility index (Phi) is 4.99. The van der Waals surface area contributed by atoms with E-state index in [-0.39, 0.29) is 17.8 Å². The molecular weight excluding hydrogens is 420 g/mol. The van der Waals surface area contributed by atoms with Gasteiger partial charge < -0.3 is 10.8 Å². The molecule has 162 valence electrons. The molecule has 3 heterocycles. The highest BCUT2D eigenvalue weighted by molar-refractivity contribution is 5.75. The minimum absolute atomic E-state index is 0.0318. The lowest BCUT2D eigenvalue weighted by atomic mass is 10.1. The van der Waals surface area contributed by atoms with E-state index in [2.05, 4.69) is 31.3 Å². The third kappa shape index (κ3) is 4.24. The monoisotopic (exact) mass is 438 g/mol. The Bertz CT molecular complexity index is 1410. The van der Waals surface area contributed by atoms with E-state index in [4.69, 9.17) is 16.1 Å². The van der Waals surface area contributed by atoms with Gasteiger partial charge in [0.1, 0.15) is 5.69 Å². The zero-order chi connectivity index (χ0) is 22.9. The number of rotatable bonds is 6. The van der Waals surface area contributed by atoms with Crippen LogP contribution < -0.4 is 5.73 Å². The Morgan fingerprint density at radius 2 is 1.94 bits per heavy atom. The van der Waals surface area contributed by atoms with Crippen LogP contribution in [-0.2, 0) is 11.3 Å². The third-order valence-corrected chi connectivity index (χ3v) is 5.47. The number of nitrogens with two attached hydrogens (primary N) is 1. The lowest BCUT2D eigenvalue weighted by Crippen LogP contribution is -2.05. The number of nitrogen functional groups attached to an aromatic ring is 1. The maximum Gasteiger partial charge on any atom is 0.307 e. The Labute approximate surface area is 188 Å².